The summed E-state index contributed by atoms with van der Waals surface area (Å²) in [6.07, 6.45) is 9.23. The van der Waals surface area contributed by atoms with E-state index in [9.17, 15) is 4.79 Å². The summed E-state index contributed by atoms with van der Waals surface area (Å²) in [5.41, 5.74) is 0. The minimum Gasteiger partial charge on any atom is -0.355 e. The second kappa shape index (κ2) is 6.39. The van der Waals surface area contributed by atoms with Gasteiger partial charge in [0.1, 0.15) is 0 Å². The highest BCUT2D eigenvalue weighted by atomic mass is 16.2. The van der Waals surface area contributed by atoms with Crippen LogP contribution in [0, 0.1) is 11.8 Å². The zero-order chi connectivity index (χ0) is 12.1. The predicted octanol–water partition coefficient (Wildman–Crippen LogP) is 2.07. The predicted molar refractivity (Wildman–Crippen MR) is 69.8 cm³/mol. The Bertz CT molecular complexity index is 249. The number of hydrogen-bond acceptors (Lipinski definition) is 2. The molecule has 3 nitrogen and oxygen atoms in total. The number of rotatable bonds is 5. The molecule has 17 heavy (non-hydrogen) atoms. The van der Waals surface area contributed by atoms with E-state index in [0.29, 0.717) is 5.92 Å². The maximum atomic E-state index is 11.9. The van der Waals surface area contributed by atoms with Gasteiger partial charge >= 0.3 is 0 Å². The molecule has 0 aromatic heterocycles. The van der Waals surface area contributed by atoms with Crippen LogP contribution in [0.1, 0.15) is 51.9 Å². The monoisotopic (exact) mass is 238 g/mol. The maximum Gasteiger partial charge on any atom is 0.237 e. The highest BCUT2D eigenvalue weighted by Gasteiger charge is 2.28. The molecule has 1 saturated carbocycles. The highest BCUT2D eigenvalue weighted by molar-refractivity contribution is 5.82. The molecule has 1 saturated heterocycles. The van der Waals surface area contributed by atoms with Crippen molar-refractivity contribution in [2.75, 3.05) is 13.1 Å². The maximum absolute atomic E-state index is 11.9. The molecule has 2 N–H and O–H groups in total. The van der Waals surface area contributed by atoms with Crippen LogP contribution >= 0.6 is 0 Å². The fraction of sp³-hybridized carbons (Fsp3) is 0.929. The lowest BCUT2D eigenvalue weighted by Crippen LogP contribution is -2.43. The smallest absolute Gasteiger partial charge is 0.237 e. The van der Waals surface area contributed by atoms with Crippen LogP contribution in [-0.2, 0) is 4.79 Å². The van der Waals surface area contributed by atoms with Gasteiger partial charge in [-0.3, -0.25) is 4.79 Å². The summed E-state index contributed by atoms with van der Waals surface area (Å²) in [4.78, 5) is 11.9. The third-order valence-corrected chi connectivity index (χ3v) is 4.38. The number of nitrogens with one attached hydrogen (secondary N) is 2. The molecule has 1 aliphatic carbocycles. The lowest BCUT2D eigenvalue weighted by atomic mass is 10.0. The number of amides is 1. The largest absolute Gasteiger partial charge is 0.355 e. The van der Waals surface area contributed by atoms with Gasteiger partial charge in [0.05, 0.1) is 6.04 Å². The first-order chi connectivity index (χ1) is 8.27. The van der Waals surface area contributed by atoms with Gasteiger partial charge in [-0.15, -0.1) is 0 Å². The third kappa shape index (κ3) is 3.70. The average Bonchev–Trinajstić information content (AvgIpc) is 2.95. The van der Waals surface area contributed by atoms with Crippen molar-refractivity contribution >= 4 is 5.91 Å². The van der Waals surface area contributed by atoms with Crippen LogP contribution in [0.5, 0.6) is 0 Å². The Hall–Kier alpha value is -0.570. The van der Waals surface area contributed by atoms with Gasteiger partial charge < -0.3 is 10.6 Å². The lowest BCUT2D eigenvalue weighted by molar-refractivity contribution is -0.123. The van der Waals surface area contributed by atoms with Gasteiger partial charge in [-0.05, 0) is 37.6 Å². The molecule has 2 unspecified atom stereocenters. The summed E-state index contributed by atoms with van der Waals surface area (Å²) in [5.74, 6) is 1.64. The van der Waals surface area contributed by atoms with Crippen molar-refractivity contribution in [2.45, 2.75) is 57.9 Å². The van der Waals surface area contributed by atoms with Crippen LogP contribution in [0.3, 0.4) is 0 Å². The van der Waals surface area contributed by atoms with Crippen LogP contribution in [0.4, 0.5) is 0 Å². The molecule has 98 valence electrons. The molecule has 3 heteroatoms. The minimum absolute atomic E-state index is 0.0569. The van der Waals surface area contributed by atoms with Gasteiger partial charge in [0.25, 0.3) is 0 Å². The molecule has 1 aliphatic heterocycles. The molecule has 2 rings (SSSR count). The van der Waals surface area contributed by atoms with Crippen molar-refractivity contribution in [1.29, 1.82) is 0 Å². The number of hydrogen-bond donors (Lipinski definition) is 2. The molecule has 2 atom stereocenters. The second-order valence-corrected chi connectivity index (χ2v) is 5.78. The van der Waals surface area contributed by atoms with Crippen LogP contribution in [-0.4, -0.2) is 25.0 Å². The third-order valence-electron chi connectivity index (χ3n) is 4.38. The first-order valence-corrected chi connectivity index (χ1v) is 7.28. The SMILES string of the molecule is CC1CCNC1C(=O)NCCCC1CCCC1. The second-order valence-electron chi connectivity index (χ2n) is 5.78. The first kappa shape index (κ1) is 12.9. The van der Waals surface area contributed by atoms with Crippen molar-refractivity contribution in [3.63, 3.8) is 0 Å². The Morgan fingerprint density at radius 3 is 2.71 bits per heavy atom. The molecule has 0 radical (unpaired) electrons. The van der Waals surface area contributed by atoms with Gasteiger partial charge in [-0.1, -0.05) is 32.6 Å². The Labute approximate surface area is 105 Å². The number of carbonyl (C=O) groups is 1. The van der Waals surface area contributed by atoms with E-state index in [-0.39, 0.29) is 11.9 Å². The quantitative estimate of drug-likeness (QED) is 0.720. The van der Waals surface area contributed by atoms with Gasteiger partial charge in [-0.2, -0.15) is 0 Å². The van der Waals surface area contributed by atoms with Crippen molar-refractivity contribution in [3.05, 3.63) is 0 Å². The molecular weight excluding hydrogens is 212 g/mol. The van der Waals surface area contributed by atoms with Crippen LogP contribution in [0.15, 0.2) is 0 Å². The zero-order valence-corrected chi connectivity index (χ0v) is 11.0. The summed E-state index contributed by atoms with van der Waals surface area (Å²) in [7, 11) is 0. The summed E-state index contributed by atoms with van der Waals surface area (Å²) < 4.78 is 0. The summed E-state index contributed by atoms with van der Waals surface area (Å²) in [6.45, 7) is 4.00. The van der Waals surface area contributed by atoms with Gasteiger partial charge in [0.2, 0.25) is 5.91 Å². The Morgan fingerprint density at radius 1 is 1.29 bits per heavy atom. The van der Waals surface area contributed by atoms with Crippen molar-refractivity contribution in [1.82, 2.24) is 10.6 Å². The summed E-state index contributed by atoms with van der Waals surface area (Å²) in [6, 6.07) is 0.0569. The van der Waals surface area contributed by atoms with E-state index in [2.05, 4.69) is 17.6 Å². The van der Waals surface area contributed by atoms with E-state index < -0.39 is 0 Å². The lowest BCUT2D eigenvalue weighted by Gasteiger charge is -2.16. The summed E-state index contributed by atoms with van der Waals surface area (Å²) >= 11 is 0. The Balaban J connectivity index is 1.56. The molecule has 1 amide bonds. The highest BCUT2D eigenvalue weighted by Crippen LogP contribution is 2.28. The summed E-state index contributed by atoms with van der Waals surface area (Å²) in [5, 5.41) is 6.35. The van der Waals surface area contributed by atoms with Gasteiger partial charge in [0, 0.05) is 6.54 Å². The molecule has 2 fully saturated rings. The fourth-order valence-corrected chi connectivity index (χ4v) is 3.20. The molecule has 2 aliphatic rings. The Kier molecular flexibility index (Phi) is 4.84. The fourth-order valence-electron chi connectivity index (χ4n) is 3.20. The minimum atomic E-state index is 0.0569. The van der Waals surface area contributed by atoms with Crippen LogP contribution < -0.4 is 10.6 Å². The first-order valence-electron chi connectivity index (χ1n) is 7.28. The van der Waals surface area contributed by atoms with E-state index in [1.165, 1.54) is 32.1 Å². The molecule has 0 bridgehead atoms. The van der Waals surface area contributed by atoms with Crippen molar-refractivity contribution in [3.8, 4) is 0 Å². The molecule has 1 heterocycles. The molecule has 0 aromatic rings. The van der Waals surface area contributed by atoms with E-state index in [4.69, 9.17) is 0 Å². The average molecular weight is 238 g/mol. The van der Waals surface area contributed by atoms with Gasteiger partial charge in [-0.25, -0.2) is 0 Å². The topological polar surface area (TPSA) is 41.1 Å². The van der Waals surface area contributed by atoms with E-state index in [0.717, 1.165) is 31.8 Å². The normalized spacial score (nSPS) is 29.7. The molecule has 0 aromatic carbocycles. The Morgan fingerprint density at radius 2 is 2.06 bits per heavy atom. The van der Waals surface area contributed by atoms with E-state index in [1.54, 1.807) is 0 Å². The van der Waals surface area contributed by atoms with E-state index in [1.807, 2.05) is 0 Å². The van der Waals surface area contributed by atoms with Crippen molar-refractivity contribution in [2.24, 2.45) is 11.8 Å². The van der Waals surface area contributed by atoms with Gasteiger partial charge in [0.15, 0.2) is 0 Å². The molecule has 0 spiro atoms. The number of carbonyl (C=O) groups excluding carboxylic acids is 1. The van der Waals surface area contributed by atoms with Crippen LogP contribution in [0.25, 0.3) is 0 Å². The zero-order valence-electron chi connectivity index (χ0n) is 11.0. The van der Waals surface area contributed by atoms with Crippen LogP contribution in [0.2, 0.25) is 0 Å². The standard InChI is InChI=1S/C14H26N2O/c1-11-8-10-15-13(11)14(17)16-9-4-7-12-5-2-3-6-12/h11-13,15H,2-10H2,1H3,(H,16,17). The molecular formula is C14H26N2O. The van der Waals surface area contributed by atoms with E-state index >= 15 is 0 Å². The van der Waals surface area contributed by atoms with Crippen molar-refractivity contribution < 1.29 is 4.79 Å².